The van der Waals surface area contributed by atoms with E-state index in [4.69, 9.17) is 0 Å². The fraction of sp³-hybridized carbons (Fsp3) is 0.438. The number of aromatic nitrogens is 1. The van der Waals surface area contributed by atoms with Crippen molar-refractivity contribution in [2.75, 3.05) is 6.54 Å². The van der Waals surface area contributed by atoms with E-state index in [9.17, 15) is 0 Å². The second-order valence-electron chi connectivity index (χ2n) is 5.02. The first-order valence-corrected chi connectivity index (χ1v) is 7.76. The Balaban J connectivity index is 2.18. The quantitative estimate of drug-likeness (QED) is 0.860. The molecule has 2 nitrogen and oxygen atoms in total. The van der Waals surface area contributed by atoms with Crippen molar-refractivity contribution in [2.24, 2.45) is 0 Å². The molecule has 1 heterocycles. The summed E-state index contributed by atoms with van der Waals surface area (Å²) < 4.78 is 0. The molecule has 0 aliphatic heterocycles. The van der Waals surface area contributed by atoms with Gasteiger partial charge in [-0.3, -0.25) is 4.98 Å². The van der Waals surface area contributed by atoms with Crippen molar-refractivity contribution >= 4 is 11.3 Å². The van der Waals surface area contributed by atoms with Gasteiger partial charge in [-0.05, 0) is 43.5 Å². The van der Waals surface area contributed by atoms with Gasteiger partial charge in [0, 0.05) is 23.5 Å². The van der Waals surface area contributed by atoms with Crippen LogP contribution in [0.2, 0.25) is 0 Å². The third-order valence-corrected chi connectivity index (χ3v) is 4.26. The standard InChI is InChI=1S/C16H22N2S/c1-4-7-18-16(9-15-10-17-11-19-15)14-6-5-12(2)13(3)8-14/h5-6,8,10-11,16,18H,4,7,9H2,1-3H3. The zero-order valence-electron chi connectivity index (χ0n) is 11.9. The molecule has 2 rings (SSSR count). The average molecular weight is 274 g/mol. The van der Waals surface area contributed by atoms with Gasteiger partial charge in [0.1, 0.15) is 0 Å². The second kappa shape index (κ2) is 6.83. The molecule has 0 amide bonds. The molecule has 0 aliphatic rings. The molecular weight excluding hydrogens is 252 g/mol. The predicted molar refractivity (Wildman–Crippen MR) is 82.8 cm³/mol. The van der Waals surface area contributed by atoms with E-state index in [1.165, 1.54) is 21.6 Å². The van der Waals surface area contributed by atoms with E-state index >= 15 is 0 Å². The highest BCUT2D eigenvalue weighted by Gasteiger charge is 2.13. The molecule has 19 heavy (non-hydrogen) atoms. The fourth-order valence-corrected chi connectivity index (χ4v) is 2.79. The summed E-state index contributed by atoms with van der Waals surface area (Å²) in [7, 11) is 0. The summed E-state index contributed by atoms with van der Waals surface area (Å²) in [6.07, 6.45) is 4.16. The zero-order chi connectivity index (χ0) is 13.7. The number of benzene rings is 1. The number of nitrogens with one attached hydrogen (secondary N) is 1. The summed E-state index contributed by atoms with van der Waals surface area (Å²) in [5.41, 5.74) is 6.01. The van der Waals surface area contributed by atoms with Gasteiger partial charge in [0.25, 0.3) is 0 Å². The Labute approximate surface area is 119 Å². The maximum absolute atomic E-state index is 4.17. The Morgan fingerprint density at radius 1 is 1.26 bits per heavy atom. The molecular formula is C16H22N2S. The maximum Gasteiger partial charge on any atom is 0.0794 e. The Bertz CT molecular complexity index is 505. The van der Waals surface area contributed by atoms with Crippen molar-refractivity contribution in [1.29, 1.82) is 0 Å². The van der Waals surface area contributed by atoms with Crippen LogP contribution in [0.15, 0.2) is 29.9 Å². The van der Waals surface area contributed by atoms with Crippen LogP contribution in [0.3, 0.4) is 0 Å². The van der Waals surface area contributed by atoms with Crippen LogP contribution >= 0.6 is 11.3 Å². The van der Waals surface area contributed by atoms with E-state index < -0.39 is 0 Å². The SMILES string of the molecule is CCCNC(Cc1cncs1)c1ccc(C)c(C)c1. The first-order valence-electron chi connectivity index (χ1n) is 6.88. The lowest BCUT2D eigenvalue weighted by Gasteiger charge is -2.19. The minimum Gasteiger partial charge on any atom is -0.310 e. The van der Waals surface area contributed by atoms with Gasteiger partial charge < -0.3 is 5.32 Å². The van der Waals surface area contributed by atoms with E-state index in [-0.39, 0.29) is 0 Å². The number of nitrogens with zero attached hydrogens (tertiary/aromatic N) is 1. The first kappa shape index (κ1) is 14.2. The summed E-state index contributed by atoms with van der Waals surface area (Å²) in [5, 5.41) is 3.65. The number of rotatable bonds is 6. The normalized spacial score (nSPS) is 12.6. The van der Waals surface area contributed by atoms with Crippen molar-refractivity contribution in [2.45, 2.75) is 39.7 Å². The summed E-state index contributed by atoms with van der Waals surface area (Å²) in [6.45, 7) is 7.60. The van der Waals surface area contributed by atoms with Crippen LogP contribution in [-0.4, -0.2) is 11.5 Å². The molecule has 1 atom stereocenters. The van der Waals surface area contributed by atoms with Crippen LogP contribution in [0.25, 0.3) is 0 Å². The number of hydrogen-bond acceptors (Lipinski definition) is 3. The van der Waals surface area contributed by atoms with Gasteiger partial charge in [0.05, 0.1) is 5.51 Å². The van der Waals surface area contributed by atoms with E-state index in [1.54, 1.807) is 11.3 Å². The molecule has 0 aliphatic carbocycles. The lowest BCUT2D eigenvalue weighted by Crippen LogP contribution is -2.24. The number of aryl methyl sites for hydroxylation is 2. The van der Waals surface area contributed by atoms with E-state index in [2.05, 4.69) is 49.3 Å². The van der Waals surface area contributed by atoms with E-state index in [1.807, 2.05) is 11.7 Å². The molecule has 0 radical (unpaired) electrons. The molecule has 0 saturated heterocycles. The Morgan fingerprint density at radius 3 is 2.74 bits per heavy atom. The third kappa shape index (κ3) is 3.88. The van der Waals surface area contributed by atoms with Gasteiger partial charge in [-0.25, -0.2) is 0 Å². The second-order valence-corrected chi connectivity index (χ2v) is 5.99. The van der Waals surface area contributed by atoms with Gasteiger partial charge >= 0.3 is 0 Å². The molecule has 0 bridgehead atoms. The minimum absolute atomic E-state index is 0.389. The maximum atomic E-state index is 4.17. The predicted octanol–water partition coefficient (Wildman–Crippen LogP) is 4.04. The molecule has 3 heteroatoms. The van der Waals surface area contributed by atoms with Gasteiger partial charge in [0.15, 0.2) is 0 Å². The highest BCUT2D eigenvalue weighted by atomic mass is 32.1. The molecule has 1 aromatic heterocycles. The zero-order valence-corrected chi connectivity index (χ0v) is 12.8. The Kier molecular flexibility index (Phi) is 5.11. The highest BCUT2D eigenvalue weighted by Crippen LogP contribution is 2.22. The molecule has 0 spiro atoms. The van der Waals surface area contributed by atoms with Crippen LogP contribution in [0, 0.1) is 13.8 Å². The highest BCUT2D eigenvalue weighted by molar-refractivity contribution is 7.09. The van der Waals surface area contributed by atoms with Crippen molar-refractivity contribution in [3.63, 3.8) is 0 Å². The topological polar surface area (TPSA) is 24.9 Å². The minimum atomic E-state index is 0.389. The van der Waals surface area contributed by atoms with Crippen molar-refractivity contribution < 1.29 is 0 Å². The van der Waals surface area contributed by atoms with Crippen LogP contribution in [0.5, 0.6) is 0 Å². The van der Waals surface area contributed by atoms with Gasteiger partial charge in [0.2, 0.25) is 0 Å². The van der Waals surface area contributed by atoms with Crippen LogP contribution in [0.1, 0.15) is 41.0 Å². The van der Waals surface area contributed by atoms with Gasteiger partial charge in [-0.15, -0.1) is 11.3 Å². The monoisotopic (exact) mass is 274 g/mol. The van der Waals surface area contributed by atoms with Crippen LogP contribution in [-0.2, 0) is 6.42 Å². The van der Waals surface area contributed by atoms with Crippen molar-refractivity contribution in [3.8, 4) is 0 Å². The molecule has 102 valence electrons. The Hall–Kier alpha value is -1.19. The molecule has 0 fully saturated rings. The molecule has 1 N–H and O–H groups in total. The van der Waals surface area contributed by atoms with Gasteiger partial charge in [-0.2, -0.15) is 0 Å². The van der Waals surface area contributed by atoms with Crippen molar-refractivity contribution in [1.82, 2.24) is 10.3 Å². The Morgan fingerprint density at radius 2 is 2.11 bits per heavy atom. The smallest absolute Gasteiger partial charge is 0.0794 e. The van der Waals surface area contributed by atoms with Crippen LogP contribution in [0.4, 0.5) is 0 Å². The van der Waals surface area contributed by atoms with E-state index in [0.29, 0.717) is 6.04 Å². The largest absolute Gasteiger partial charge is 0.310 e. The van der Waals surface area contributed by atoms with Crippen LogP contribution < -0.4 is 5.32 Å². The summed E-state index contributed by atoms with van der Waals surface area (Å²) in [5.74, 6) is 0. The third-order valence-electron chi connectivity index (χ3n) is 3.46. The molecule has 2 aromatic rings. The molecule has 0 saturated carbocycles. The van der Waals surface area contributed by atoms with Gasteiger partial charge in [-0.1, -0.05) is 25.1 Å². The fourth-order valence-electron chi connectivity index (χ4n) is 2.15. The lowest BCUT2D eigenvalue weighted by atomic mass is 9.98. The molecule has 1 unspecified atom stereocenters. The number of thiazole rings is 1. The lowest BCUT2D eigenvalue weighted by molar-refractivity contribution is 0.531. The van der Waals surface area contributed by atoms with Crippen molar-refractivity contribution in [3.05, 3.63) is 51.5 Å². The summed E-state index contributed by atoms with van der Waals surface area (Å²) in [4.78, 5) is 5.51. The summed E-state index contributed by atoms with van der Waals surface area (Å²) >= 11 is 1.74. The average Bonchev–Trinajstić information content (AvgIpc) is 2.91. The number of hydrogen-bond donors (Lipinski definition) is 1. The van der Waals surface area contributed by atoms with E-state index in [0.717, 1.165) is 19.4 Å². The first-order chi connectivity index (χ1) is 9.20. The summed E-state index contributed by atoms with van der Waals surface area (Å²) in [6, 6.07) is 7.16. The molecule has 1 aromatic carbocycles.